The average Bonchev–Trinajstić information content (AvgIpc) is 3.55. The quantitative estimate of drug-likeness (QED) is 0.392. The number of H-pyrrole nitrogens is 1. The number of anilines is 1. The van der Waals surface area contributed by atoms with E-state index in [1.165, 1.54) is 0 Å². The van der Waals surface area contributed by atoms with Crippen molar-refractivity contribution in [2.24, 2.45) is 5.92 Å². The van der Waals surface area contributed by atoms with Gasteiger partial charge in [0.25, 0.3) is 5.91 Å². The number of imidazole rings is 1. The van der Waals surface area contributed by atoms with Gasteiger partial charge in [-0.3, -0.25) is 14.2 Å². The van der Waals surface area contributed by atoms with Gasteiger partial charge in [-0.25, -0.2) is 4.79 Å². The number of aromatic nitrogens is 2. The van der Waals surface area contributed by atoms with Gasteiger partial charge in [-0.05, 0) is 75.8 Å². The van der Waals surface area contributed by atoms with Crippen LogP contribution in [0.3, 0.4) is 0 Å². The fourth-order valence-corrected chi connectivity index (χ4v) is 5.68. The zero-order valence-electron chi connectivity index (χ0n) is 21.4. The molecule has 2 aliphatic rings. The number of para-hydroxylation sites is 1. The molecule has 1 unspecified atom stereocenters. The molecular formula is C28H35N5O4. The van der Waals surface area contributed by atoms with Crippen molar-refractivity contribution in [1.29, 1.82) is 0 Å². The van der Waals surface area contributed by atoms with Crippen molar-refractivity contribution >= 4 is 28.5 Å². The van der Waals surface area contributed by atoms with Crippen LogP contribution in [0, 0.1) is 12.8 Å². The van der Waals surface area contributed by atoms with E-state index >= 15 is 0 Å². The van der Waals surface area contributed by atoms with Gasteiger partial charge in [0.05, 0.1) is 23.7 Å². The summed E-state index contributed by atoms with van der Waals surface area (Å²) in [5, 5.41) is 9.40. The van der Waals surface area contributed by atoms with E-state index in [0.29, 0.717) is 49.4 Å². The molecular weight excluding hydrogens is 470 g/mol. The maximum atomic E-state index is 13.0. The molecule has 1 saturated carbocycles. The number of fused-ring (bicyclic) bond motifs is 1. The summed E-state index contributed by atoms with van der Waals surface area (Å²) in [4.78, 5) is 41.8. The maximum Gasteiger partial charge on any atom is 0.326 e. The Morgan fingerprint density at radius 2 is 1.92 bits per heavy atom. The summed E-state index contributed by atoms with van der Waals surface area (Å²) in [7, 11) is 1.62. The van der Waals surface area contributed by atoms with Crippen LogP contribution in [0.4, 0.5) is 5.69 Å². The molecule has 2 fully saturated rings. The molecule has 9 heteroatoms. The van der Waals surface area contributed by atoms with Gasteiger partial charge in [-0.2, -0.15) is 0 Å². The van der Waals surface area contributed by atoms with Crippen LogP contribution >= 0.6 is 0 Å². The van der Waals surface area contributed by atoms with Gasteiger partial charge >= 0.3 is 5.69 Å². The van der Waals surface area contributed by atoms with Crippen molar-refractivity contribution < 1.29 is 14.3 Å². The van der Waals surface area contributed by atoms with E-state index in [1.54, 1.807) is 17.7 Å². The highest BCUT2D eigenvalue weighted by Crippen LogP contribution is 2.34. The van der Waals surface area contributed by atoms with Crippen LogP contribution in [0.15, 0.2) is 41.2 Å². The molecule has 1 aromatic heterocycles. The SMILES string of the molecule is COc1cc(NC(=O)C2CCC(n3c(=O)[nH]c4c(C(=O)NCC5CCCN5)cccc43)CC2)ccc1C. The van der Waals surface area contributed by atoms with Crippen molar-refractivity contribution in [1.82, 2.24) is 20.2 Å². The highest BCUT2D eigenvalue weighted by molar-refractivity contribution is 6.05. The normalized spacial score (nSPS) is 21.6. The zero-order valence-corrected chi connectivity index (χ0v) is 21.4. The Labute approximate surface area is 216 Å². The molecule has 3 aromatic rings. The van der Waals surface area contributed by atoms with Crippen molar-refractivity contribution in [3.63, 3.8) is 0 Å². The van der Waals surface area contributed by atoms with Crippen LogP contribution in [0.1, 0.15) is 60.5 Å². The largest absolute Gasteiger partial charge is 0.496 e. The summed E-state index contributed by atoms with van der Waals surface area (Å²) < 4.78 is 7.13. The van der Waals surface area contributed by atoms with Crippen molar-refractivity contribution in [2.75, 3.05) is 25.5 Å². The molecule has 0 spiro atoms. The molecule has 0 bridgehead atoms. The Hall–Kier alpha value is -3.59. The molecule has 4 N–H and O–H groups in total. The van der Waals surface area contributed by atoms with Gasteiger partial charge in [0.2, 0.25) is 5.91 Å². The number of rotatable bonds is 7. The molecule has 2 aromatic carbocycles. The summed E-state index contributed by atoms with van der Waals surface area (Å²) in [6.45, 7) is 3.51. The minimum atomic E-state index is -0.215. The molecule has 1 saturated heterocycles. The van der Waals surface area contributed by atoms with Gasteiger partial charge in [0.1, 0.15) is 5.75 Å². The molecule has 1 aliphatic carbocycles. The fourth-order valence-electron chi connectivity index (χ4n) is 5.68. The number of aromatic amines is 1. The monoisotopic (exact) mass is 505 g/mol. The first-order chi connectivity index (χ1) is 17.9. The van der Waals surface area contributed by atoms with Crippen LogP contribution < -0.4 is 26.4 Å². The predicted molar refractivity (Wildman–Crippen MR) is 143 cm³/mol. The topological polar surface area (TPSA) is 117 Å². The third kappa shape index (κ3) is 5.27. The Morgan fingerprint density at radius 3 is 2.65 bits per heavy atom. The molecule has 196 valence electrons. The number of methoxy groups -OCH3 is 1. The van der Waals surface area contributed by atoms with E-state index in [9.17, 15) is 14.4 Å². The van der Waals surface area contributed by atoms with Crippen LogP contribution in [0.25, 0.3) is 11.0 Å². The summed E-state index contributed by atoms with van der Waals surface area (Å²) in [6, 6.07) is 11.4. The average molecular weight is 506 g/mol. The van der Waals surface area contributed by atoms with Gasteiger partial charge in [-0.1, -0.05) is 12.1 Å². The number of nitrogens with one attached hydrogen (secondary N) is 4. The Bertz CT molecular complexity index is 1350. The van der Waals surface area contributed by atoms with Gasteiger partial charge < -0.3 is 25.7 Å². The third-order valence-corrected chi connectivity index (χ3v) is 7.78. The Morgan fingerprint density at radius 1 is 1.11 bits per heavy atom. The first-order valence-corrected chi connectivity index (χ1v) is 13.1. The smallest absolute Gasteiger partial charge is 0.326 e. The molecule has 0 radical (unpaired) electrons. The standard InChI is InChI=1S/C28H35N5O4/c1-17-8-11-19(15-24(17)37-2)31-26(34)18-9-12-21(13-10-18)33-23-7-3-6-22(25(23)32-28(33)36)27(35)30-16-20-5-4-14-29-20/h3,6-8,11,15,18,20-21,29H,4-5,9-10,12-14,16H2,1-2H3,(H,30,35)(H,31,34)(H,32,36). The number of aryl methyl sites for hydroxylation is 1. The predicted octanol–water partition coefficient (Wildman–Crippen LogP) is 3.50. The van der Waals surface area contributed by atoms with E-state index in [4.69, 9.17) is 4.74 Å². The fraction of sp³-hybridized carbons (Fsp3) is 0.464. The van der Waals surface area contributed by atoms with Crippen molar-refractivity contribution in [2.45, 2.75) is 57.5 Å². The first kappa shape index (κ1) is 25.1. The number of carbonyl (C=O) groups excluding carboxylic acids is 2. The second-order valence-corrected chi connectivity index (χ2v) is 10.2. The molecule has 1 atom stereocenters. The van der Waals surface area contributed by atoms with E-state index in [2.05, 4.69) is 20.9 Å². The summed E-state index contributed by atoms with van der Waals surface area (Å²) in [5.41, 5.74) is 3.29. The molecule has 1 aliphatic heterocycles. The van der Waals surface area contributed by atoms with E-state index in [1.807, 2.05) is 37.3 Å². The number of hydrogen-bond acceptors (Lipinski definition) is 5. The summed E-state index contributed by atoms with van der Waals surface area (Å²) in [5.74, 6) is 0.436. The number of amides is 2. The minimum absolute atomic E-state index is 0.00802. The van der Waals surface area contributed by atoms with Crippen molar-refractivity contribution in [3.8, 4) is 5.75 Å². The third-order valence-electron chi connectivity index (χ3n) is 7.78. The van der Waals surface area contributed by atoms with E-state index in [0.717, 1.165) is 41.9 Å². The highest BCUT2D eigenvalue weighted by atomic mass is 16.5. The van der Waals surface area contributed by atoms with Crippen LogP contribution in [-0.2, 0) is 4.79 Å². The second-order valence-electron chi connectivity index (χ2n) is 10.2. The van der Waals surface area contributed by atoms with Crippen LogP contribution in [-0.4, -0.2) is 47.6 Å². The van der Waals surface area contributed by atoms with Crippen molar-refractivity contribution in [3.05, 3.63) is 58.0 Å². The van der Waals surface area contributed by atoms with Gasteiger partial charge in [0, 0.05) is 36.3 Å². The highest BCUT2D eigenvalue weighted by Gasteiger charge is 2.29. The molecule has 2 heterocycles. The lowest BCUT2D eigenvalue weighted by molar-refractivity contribution is -0.121. The molecule has 5 rings (SSSR count). The number of hydrogen-bond donors (Lipinski definition) is 4. The molecule has 2 amide bonds. The summed E-state index contributed by atoms with van der Waals surface area (Å²) in [6.07, 6.45) is 4.98. The maximum absolute atomic E-state index is 13.0. The number of nitrogens with zero attached hydrogens (tertiary/aromatic N) is 1. The number of carbonyl (C=O) groups is 2. The number of ether oxygens (including phenoxy) is 1. The Kier molecular flexibility index (Phi) is 7.32. The molecule has 9 nitrogen and oxygen atoms in total. The second kappa shape index (κ2) is 10.8. The number of benzene rings is 2. The Balaban J connectivity index is 1.25. The van der Waals surface area contributed by atoms with Crippen LogP contribution in [0.2, 0.25) is 0 Å². The van der Waals surface area contributed by atoms with Gasteiger partial charge in [-0.15, -0.1) is 0 Å². The lowest BCUT2D eigenvalue weighted by Gasteiger charge is -2.28. The van der Waals surface area contributed by atoms with E-state index in [-0.39, 0.29) is 29.5 Å². The van der Waals surface area contributed by atoms with Crippen LogP contribution in [0.5, 0.6) is 5.75 Å². The zero-order chi connectivity index (χ0) is 25.9. The van der Waals surface area contributed by atoms with E-state index < -0.39 is 0 Å². The molecule has 37 heavy (non-hydrogen) atoms. The lowest BCUT2D eigenvalue weighted by Crippen LogP contribution is -2.37. The first-order valence-electron chi connectivity index (χ1n) is 13.1. The van der Waals surface area contributed by atoms with Gasteiger partial charge in [0.15, 0.2) is 0 Å². The lowest BCUT2D eigenvalue weighted by atomic mass is 9.85. The minimum Gasteiger partial charge on any atom is -0.496 e. The summed E-state index contributed by atoms with van der Waals surface area (Å²) >= 11 is 0.